The molecule has 0 fully saturated rings. The minimum Gasteiger partial charge on any atom is -0.398 e. The molecule has 3 N–H and O–H groups in total. The van der Waals surface area contributed by atoms with E-state index < -0.39 is 0 Å². The highest BCUT2D eigenvalue weighted by molar-refractivity contribution is 6.30. The Morgan fingerprint density at radius 2 is 2.25 bits per heavy atom. The second-order valence-electron chi connectivity index (χ2n) is 2.49. The molecule has 0 saturated carbocycles. The van der Waals surface area contributed by atoms with Gasteiger partial charge in [-0.05, 0) is 19.2 Å². The average molecular weight is 189 g/mol. The zero-order valence-electron chi connectivity index (χ0n) is 6.70. The van der Waals surface area contributed by atoms with E-state index in [1.54, 1.807) is 7.05 Å². The SMILES string of the molecule is CNCc1c(N)cc(Cl)cc1F. The van der Waals surface area contributed by atoms with Gasteiger partial charge in [0.05, 0.1) is 0 Å². The van der Waals surface area contributed by atoms with Crippen LogP contribution in [0.2, 0.25) is 5.02 Å². The van der Waals surface area contributed by atoms with E-state index in [0.29, 0.717) is 22.8 Å². The molecule has 0 bridgehead atoms. The molecular weight excluding hydrogens is 179 g/mol. The molecule has 4 heteroatoms. The van der Waals surface area contributed by atoms with E-state index in [1.807, 2.05) is 0 Å². The number of rotatable bonds is 2. The van der Waals surface area contributed by atoms with Gasteiger partial charge in [0.2, 0.25) is 0 Å². The molecule has 1 aromatic carbocycles. The van der Waals surface area contributed by atoms with E-state index in [2.05, 4.69) is 5.32 Å². The fraction of sp³-hybridized carbons (Fsp3) is 0.250. The molecule has 1 aromatic rings. The molecule has 0 amide bonds. The van der Waals surface area contributed by atoms with Crippen LogP contribution in [0.5, 0.6) is 0 Å². The third-order valence-corrected chi connectivity index (χ3v) is 1.77. The van der Waals surface area contributed by atoms with Gasteiger partial charge in [-0.3, -0.25) is 0 Å². The van der Waals surface area contributed by atoms with Gasteiger partial charge >= 0.3 is 0 Å². The maximum absolute atomic E-state index is 13.1. The topological polar surface area (TPSA) is 38.0 Å². The van der Waals surface area contributed by atoms with Crippen molar-refractivity contribution >= 4 is 17.3 Å². The quantitative estimate of drug-likeness (QED) is 0.695. The van der Waals surface area contributed by atoms with Gasteiger partial charge in [0.1, 0.15) is 5.82 Å². The highest BCUT2D eigenvalue weighted by Gasteiger charge is 2.06. The van der Waals surface area contributed by atoms with Crippen LogP contribution in [-0.2, 0) is 6.54 Å². The third-order valence-electron chi connectivity index (χ3n) is 1.55. The predicted molar refractivity (Wildman–Crippen MR) is 48.6 cm³/mol. The van der Waals surface area contributed by atoms with Crippen molar-refractivity contribution in [3.8, 4) is 0 Å². The summed E-state index contributed by atoms with van der Waals surface area (Å²) in [7, 11) is 1.73. The van der Waals surface area contributed by atoms with Crippen molar-refractivity contribution in [3.05, 3.63) is 28.5 Å². The normalized spacial score (nSPS) is 10.2. The Morgan fingerprint density at radius 3 is 2.75 bits per heavy atom. The molecule has 0 aromatic heterocycles. The third kappa shape index (κ3) is 1.87. The number of anilines is 1. The minimum atomic E-state index is -0.366. The Bertz CT molecular complexity index is 265. The summed E-state index contributed by atoms with van der Waals surface area (Å²) in [4.78, 5) is 0. The van der Waals surface area contributed by atoms with E-state index in [0.717, 1.165) is 0 Å². The van der Waals surface area contributed by atoms with Crippen LogP contribution in [0.4, 0.5) is 10.1 Å². The van der Waals surface area contributed by atoms with Gasteiger partial charge in [0, 0.05) is 22.8 Å². The Morgan fingerprint density at radius 1 is 1.58 bits per heavy atom. The van der Waals surface area contributed by atoms with Crippen LogP contribution in [0, 0.1) is 5.82 Å². The Labute approximate surface area is 75.5 Å². The molecule has 0 heterocycles. The zero-order valence-corrected chi connectivity index (χ0v) is 7.45. The molecule has 1 rings (SSSR count). The molecule has 0 atom stereocenters. The summed E-state index contributed by atoms with van der Waals surface area (Å²) >= 11 is 5.58. The van der Waals surface area contributed by atoms with E-state index in [9.17, 15) is 4.39 Å². The summed E-state index contributed by atoms with van der Waals surface area (Å²) in [5.74, 6) is -0.366. The molecule has 2 nitrogen and oxygen atoms in total. The highest BCUT2D eigenvalue weighted by atomic mass is 35.5. The standard InChI is InChI=1S/C8H10ClFN2/c1-12-4-6-7(10)2-5(9)3-8(6)11/h2-3,12H,4,11H2,1H3. The first-order chi connectivity index (χ1) is 5.65. The lowest BCUT2D eigenvalue weighted by atomic mass is 10.1. The second kappa shape index (κ2) is 3.74. The van der Waals surface area contributed by atoms with Gasteiger partial charge in [-0.25, -0.2) is 4.39 Å². The van der Waals surface area contributed by atoms with Crippen LogP contribution in [0.3, 0.4) is 0 Å². The summed E-state index contributed by atoms with van der Waals surface area (Å²) in [6.45, 7) is 0.412. The molecule has 0 unspecified atom stereocenters. The summed E-state index contributed by atoms with van der Waals surface area (Å²) in [5, 5.41) is 3.15. The van der Waals surface area contributed by atoms with E-state index in [4.69, 9.17) is 17.3 Å². The number of nitrogens with two attached hydrogens (primary N) is 1. The van der Waals surface area contributed by atoms with Crippen LogP contribution in [0.15, 0.2) is 12.1 Å². The van der Waals surface area contributed by atoms with Gasteiger partial charge in [0.25, 0.3) is 0 Å². The van der Waals surface area contributed by atoms with Gasteiger partial charge in [0.15, 0.2) is 0 Å². The number of halogens is 2. The Balaban J connectivity index is 3.10. The molecule has 0 aliphatic carbocycles. The smallest absolute Gasteiger partial charge is 0.131 e. The van der Waals surface area contributed by atoms with Crippen molar-refractivity contribution in [2.24, 2.45) is 0 Å². The molecule has 0 spiro atoms. The van der Waals surface area contributed by atoms with Crippen molar-refractivity contribution < 1.29 is 4.39 Å². The van der Waals surface area contributed by atoms with E-state index >= 15 is 0 Å². The molecule has 0 saturated heterocycles. The number of nitrogens with one attached hydrogen (secondary N) is 1. The largest absolute Gasteiger partial charge is 0.398 e. The maximum Gasteiger partial charge on any atom is 0.131 e. The monoisotopic (exact) mass is 188 g/mol. The van der Waals surface area contributed by atoms with Gasteiger partial charge in [-0.15, -0.1) is 0 Å². The van der Waals surface area contributed by atoms with Crippen molar-refractivity contribution in [3.63, 3.8) is 0 Å². The van der Waals surface area contributed by atoms with Gasteiger partial charge < -0.3 is 11.1 Å². The van der Waals surface area contributed by atoms with Crippen molar-refractivity contribution in [2.45, 2.75) is 6.54 Å². The lowest BCUT2D eigenvalue weighted by Gasteiger charge is -2.06. The summed E-state index contributed by atoms with van der Waals surface area (Å²) < 4.78 is 13.1. The maximum atomic E-state index is 13.1. The lowest BCUT2D eigenvalue weighted by Crippen LogP contribution is -2.09. The number of hydrogen-bond acceptors (Lipinski definition) is 2. The fourth-order valence-corrected chi connectivity index (χ4v) is 1.20. The first-order valence-corrected chi connectivity index (χ1v) is 3.91. The number of benzene rings is 1. The van der Waals surface area contributed by atoms with Crippen molar-refractivity contribution in [1.29, 1.82) is 0 Å². The van der Waals surface area contributed by atoms with Crippen LogP contribution in [0.25, 0.3) is 0 Å². The predicted octanol–water partition coefficient (Wildman–Crippen LogP) is 1.78. The highest BCUT2D eigenvalue weighted by Crippen LogP contribution is 2.21. The molecule has 12 heavy (non-hydrogen) atoms. The van der Waals surface area contributed by atoms with Crippen LogP contribution >= 0.6 is 11.6 Å². The van der Waals surface area contributed by atoms with E-state index in [-0.39, 0.29) is 5.82 Å². The van der Waals surface area contributed by atoms with Crippen LogP contribution < -0.4 is 11.1 Å². The lowest BCUT2D eigenvalue weighted by molar-refractivity contribution is 0.602. The van der Waals surface area contributed by atoms with Crippen LogP contribution in [0.1, 0.15) is 5.56 Å². The second-order valence-corrected chi connectivity index (χ2v) is 2.92. The summed E-state index contributed by atoms with van der Waals surface area (Å²) in [5.41, 5.74) is 6.39. The first-order valence-electron chi connectivity index (χ1n) is 3.53. The van der Waals surface area contributed by atoms with E-state index in [1.165, 1.54) is 12.1 Å². The molecule has 0 radical (unpaired) electrons. The van der Waals surface area contributed by atoms with Crippen LogP contribution in [-0.4, -0.2) is 7.05 Å². The Kier molecular flexibility index (Phi) is 2.89. The number of hydrogen-bond donors (Lipinski definition) is 2. The molecule has 66 valence electrons. The Hall–Kier alpha value is -0.800. The molecule has 0 aliphatic heterocycles. The summed E-state index contributed by atoms with van der Waals surface area (Å²) in [6, 6.07) is 2.79. The van der Waals surface area contributed by atoms with Gasteiger partial charge in [-0.2, -0.15) is 0 Å². The number of nitrogen functional groups attached to an aromatic ring is 1. The van der Waals surface area contributed by atoms with Gasteiger partial charge in [-0.1, -0.05) is 11.6 Å². The zero-order chi connectivity index (χ0) is 9.14. The van der Waals surface area contributed by atoms with Crippen molar-refractivity contribution in [1.82, 2.24) is 5.32 Å². The average Bonchev–Trinajstić information content (AvgIpc) is 1.96. The van der Waals surface area contributed by atoms with Crippen molar-refractivity contribution in [2.75, 3.05) is 12.8 Å². The molecular formula is C8H10ClFN2. The molecule has 0 aliphatic rings. The fourth-order valence-electron chi connectivity index (χ4n) is 0.987. The first kappa shape index (κ1) is 9.29. The summed E-state index contributed by atoms with van der Waals surface area (Å²) in [6.07, 6.45) is 0. The minimum absolute atomic E-state index is 0.324.